The second-order valence-electron chi connectivity index (χ2n) is 5.21. The van der Waals surface area contributed by atoms with Gasteiger partial charge in [0.2, 0.25) is 5.89 Å². The molecule has 5 heteroatoms. The Labute approximate surface area is 142 Å². The maximum absolute atomic E-state index is 5.96. The Morgan fingerprint density at radius 3 is 2.52 bits per heavy atom. The number of hydrogen-bond donors (Lipinski definition) is 0. The summed E-state index contributed by atoms with van der Waals surface area (Å²) < 4.78 is 7.12. The van der Waals surface area contributed by atoms with Crippen LogP contribution in [0.5, 0.6) is 0 Å². The van der Waals surface area contributed by atoms with Gasteiger partial charge in [0.15, 0.2) is 10.8 Å². The van der Waals surface area contributed by atoms with Gasteiger partial charge < -0.3 is 4.42 Å². The molecule has 0 saturated carbocycles. The first-order valence-corrected chi connectivity index (χ1v) is 9.26. The summed E-state index contributed by atoms with van der Waals surface area (Å²) in [4.78, 5) is 9.40. The summed E-state index contributed by atoms with van der Waals surface area (Å²) in [7, 11) is 0. The first-order valence-electron chi connectivity index (χ1n) is 7.22. The molecule has 114 valence electrons. The highest BCUT2D eigenvalue weighted by atomic mass is 32.2. The molecule has 23 heavy (non-hydrogen) atoms. The number of para-hydroxylation sites is 1. The number of thioether (sulfide) groups is 1. The molecule has 4 aromatic rings. The molecule has 0 aliphatic heterocycles. The fourth-order valence-corrected chi connectivity index (χ4v) is 3.89. The summed E-state index contributed by atoms with van der Waals surface area (Å²) in [6.07, 6.45) is 2.00. The number of rotatable bonds is 3. The monoisotopic (exact) mass is 338 g/mol. The second kappa shape index (κ2) is 5.83. The Bertz CT molecular complexity index is 937. The molecule has 0 fully saturated rings. The van der Waals surface area contributed by atoms with Crippen molar-refractivity contribution in [1.29, 1.82) is 0 Å². The molecule has 0 aliphatic rings. The third-order valence-corrected chi connectivity index (χ3v) is 5.27. The topological polar surface area (TPSA) is 38.9 Å². The molecule has 0 amide bonds. The molecular weight excluding hydrogens is 324 g/mol. The minimum Gasteiger partial charge on any atom is -0.429 e. The zero-order valence-corrected chi connectivity index (χ0v) is 14.4. The van der Waals surface area contributed by atoms with Gasteiger partial charge in [0.25, 0.3) is 0 Å². The lowest BCUT2D eigenvalue weighted by atomic mass is 10.1. The van der Waals surface area contributed by atoms with Crippen LogP contribution in [0.2, 0.25) is 0 Å². The van der Waals surface area contributed by atoms with Crippen LogP contribution < -0.4 is 0 Å². The van der Waals surface area contributed by atoms with Gasteiger partial charge in [-0.1, -0.05) is 41.6 Å². The lowest BCUT2D eigenvalue weighted by molar-refractivity contribution is 0.486. The standard InChI is InChI=1S/C18H14N2OS2/c1-11-7-9-12(10-8-11)16-20-15(18(21-16)22-2)17-19-13-5-3-4-6-14(13)23-17/h3-10H,1-2H3. The van der Waals surface area contributed by atoms with Crippen LogP contribution in [0.15, 0.2) is 58.0 Å². The molecule has 0 bridgehead atoms. The van der Waals surface area contributed by atoms with E-state index in [9.17, 15) is 0 Å². The minimum atomic E-state index is 0.642. The highest BCUT2D eigenvalue weighted by molar-refractivity contribution is 7.98. The zero-order chi connectivity index (χ0) is 15.8. The normalized spacial score (nSPS) is 11.2. The SMILES string of the molecule is CSc1oc(-c2ccc(C)cc2)nc1-c1nc2ccccc2s1. The number of nitrogens with zero attached hydrogens (tertiary/aromatic N) is 2. The van der Waals surface area contributed by atoms with Crippen LogP contribution in [0, 0.1) is 6.92 Å². The molecule has 0 atom stereocenters. The van der Waals surface area contributed by atoms with Crippen LogP contribution in [0.25, 0.3) is 32.4 Å². The Morgan fingerprint density at radius 1 is 1.00 bits per heavy atom. The summed E-state index contributed by atoms with van der Waals surface area (Å²) in [5.74, 6) is 0.642. The van der Waals surface area contributed by atoms with E-state index in [-0.39, 0.29) is 0 Å². The van der Waals surface area contributed by atoms with Crippen molar-refractivity contribution >= 4 is 33.3 Å². The molecule has 0 saturated heterocycles. The summed E-state index contributed by atoms with van der Waals surface area (Å²) in [5.41, 5.74) is 4.03. The van der Waals surface area contributed by atoms with Gasteiger partial charge in [-0.25, -0.2) is 9.97 Å². The average Bonchev–Trinajstić information content (AvgIpc) is 3.19. The van der Waals surface area contributed by atoms with Crippen molar-refractivity contribution in [3.05, 3.63) is 54.1 Å². The maximum Gasteiger partial charge on any atom is 0.228 e. The van der Waals surface area contributed by atoms with E-state index in [1.54, 1.807) is 23.1 Å². The molecular formula is C18H14N2OS2. The van der Waals surface area contributed by atoms with Crippen molar-refractivity contribution in [2.75, 3.05) is 6.26 Å². The number of aromatic nitrogens is 2. The van der Waals surface area contributed by atoms with Crippen LogP contribution in [-0.4, -0.2) is 16.2 Å². The molecule has 0 spiro atoms. The molecule has 0 radical (unpaired) electrons. The second-order valence-corrected chi connectivity index (χ2v) is 7.02. The summed E-state index contributed by atoms with van der Waals surface area (Å²) >= 11 is 3.20. The molecule has 0 N–H and O–H groups in total. The third kappa shape index (κ3) is 2.66. The number of benzene rings is 2. The van der Waals surface area contributed by atoms with E-state index < -0.39 is 0 Å². The Morgan fingerprint density at radius 2 is 1.78 bits per heavy atom. The lowest BCUT2D eigenvalue weighted by Gasteiger charge is -1.95. The first-order chi connectivity index (χ1) is 11.2. The van der Waals surface area contributed by atoms with Gasteiger partial charge in [-0.05, 0) is 37.4 Å². The lowest BCUT2D eigenvalue weighted by Crippen LogP contribution is -1.80. The Kier molecular flexibility index (Phi) is 3.67. The molecule has 3 nitrogen and oxygen atoms in total. The largest absolute Gasteiger partial charge is 0.429 e. The van der Waals surface area contributed by atoms with Crippen molar-refractivity contribution in [2.45, 2.75) is 12.0 Å². The van der Waals surface area contributed by atoms with E-state index in [1.807, 2.05) is 36.6 Å². The van der Waals surface area contributed by atoms with Crippen molar-refractivity contribution < 1.29 is 4.42 Å². The van der Waals surface area contributed by atoms with Crippen LogP contribution in [0.4, 0.5) is 0 Å². The van der Waals surface area contributed by atoms with E-state index in [1.165, 1.54) is 5.56 Å². The molecule has 0 unspecified atom stereocenters. The molecule has 2 aromatic heterocycles. The van der Waals surface area contributed by atoms with Gasteiger partial charge in [0, 0.05) is 5.56 Å². The summed E-state index contributed by atoms with van der Waals surface area (Å²) in [6.45, 7) is 2.07. The van der Waals surface area contributed by atoms with Crippen molar-refractivity contribution in [3.8, 4) is 22.2 Å². The number of hydrogen-bond acceptors (Lipinski definition) is 5. The van der Waals surface area contributed by atoms with Gasteiger partial charge in [-0.2, -0.15) is 0 Å². The maximum atomic E-state index is 5.96. The highest BCUT2D eigenvalue weighted by Gasteiger charge is 2.19. The minimum absolute atomic E-state index is 0.642. The number of thiazole rings is 1. The third-order valence-electron chi connectivity index (χ3n) is 3.58. The highest BCUT2D eigenvalue weighted by Crippen LogP contribution is 2.37. The molecule has 2 aromatic carbocycles. The van der Waals surface area contributed by atoms with Crippen LogP contribution in [0.3, 0.4) is 0 Å². The van der Waals surface area contributed by atoms with Crippen molar-refractivity contribution in [1.82, 2.24) is 9.97 Å². The van der Waals surface area contributed by atoms with E-state index in [4.69, 9.17) is 14.4 Å². The fraction of sp³-hybridized carbons (Fsp3) is 0.111. The number of aryl methyl sites for hydroxylation is 1. The van der Waals surface area contributed by atoms with Gasteiger partial charge >= 0.3 is 0 Å². The molecule has 4 rings (SSSR count). The predicted octanol–water partition coefficient (Wildman–Crippen LogP) is 5.65. The van der Waals surface area contributed by atoms with Crippen LogP contribution in [-0.2, 0) is 0 Å². The quantitative estimate of drug-likeness (QED) is 0.453. The smallest absolute Gasteiger partial charge is 0.228 e. The zero-order valence-electron chi connectivity index (χ0n) is 12.7. The fourth-order valence-electron chi connectivity index (χ4n) is 2.37. The first kappa shape index (κ1) is 14.5. The predicted molar refractivity (Wildman–Crippen MR) is 97.1 cm³/mol. The molecule has 0 aliphatic carbocycles. The number of fused-ring (bicyclic) bond motifs is 1. The Balaban J connectivity index is 1.83. The van der Waals surface area contributed by atoms with E-state index in [0.717, 1.165) is 31.6 Å². The van der Waals surface area contributed by atoms with Crippen molar-refractivity contribution in [2.24, 2.45) is 0 Å². The van der Waals surface area contributed by atoms with Crippen LogP contribution in [0.1, 0.15) is 5.56 Å². The van der Waals surface area contributed by atoms with Gasteiger partial charge in [-0.15, -0.1) is 11.3 Å². The number of oxazole rings is 1. The van der Waals surface area contributed by atoms with Gasteiger partial charge in [0.05, 0.1) is 10.2 Å². The van der Waals surface area contributed by atoms with Gasteiger partial charge in [-0.3, -0.25) is 0 Å². The van der Waals surface area contributed by atoms with E-state index >= 15 is 0 Å². The van der Waals surface area contributed by atoms with Crippen molar-refractivity contribution in [3.63, 3.8) is 0 Å². The summed E-state index contributed by atoms with van der Waals surface area (Å²) in [5, 5.41) is 1.71. The Hall–Kier alpha value is -2.11. The average molecular weight is 338 g/mol. The van der Waals surface area contributed by atoms with E-state index in [0.29, 0.717) is 5.89 Å². The summed E-state index contributed by atoms with van der Waals surface area (Å²) in [6, 6.07) is 16.3. The van der Waals surface area contributed by atoms with Crippen LogP contribution >= 0.6 is 23.1 Å². The van der Waals surface area contributed by atoms with E-state index in [2.05, 4.69) is 25.1 Å². The molecule has 2 heterocycles. The van der Waals surface area contributed by atoms with Gasteiger partial charge in [0.1, 0.15) is 5.01 Å².